The fourth-order valence-electron chi connectivity index (χ4n) is 11.1. The minimum absolute atomic E-state index is 0.0700. The van der Waals surface area contributed by atoms with Crippen molar-refractivity contribution in [3.63, 3.8) is 0 Å². The average Bonchev–Trinajstić information content (AvgIpc) is 3.47. The number of ether oxygens (including phenoxy) is 3. The normalized spacial score (nSPS) is 12.2. The molecule has 1 unspecified atom stereocenters. The summed E-state index contributed by atoms with van der Waals surface area (Å²) in [6.45, 7) is 6.71. The van der Waals surface area contributed by atoms with Crippen molar-refractivity contribution in [1.29, 1.82) is 0 Å². The van der Waals surface area contributed by atoms with Gasteiger partial charge in [-0.2, -0.15) is 0 Å². The lowest BCUT2D eigenvalue weighted by atomic mass is 10.0. The molecule has 0 spiro atoms. The molecule has 0 aromatic rings. The zero-order chi connectivity index (χ0) is 58.5. The van der Waals surface area contributed by atoms with Crippen molar-refractivity contribution in [2.24, 2.45) is 0 Å². The number of carbonyl (C=O) groups is 3. The maximum absolute atomic E-state index is 13.0. The Balaban J connectivity index is 4.32. The van der Waals surface area contributed by atoms with Crippen molar-refractivity contribution in [1.82, 2.24) is 0 Å². The molecule has 0 bridgehead atoms. The van der Waals surface area contributed by atoms with E-state index in [1.54, 1.807) is 0 Å². The van der Waals surface area contributed by atoms with E-state index in [1.165, 1.54) is 308 Å². The Morgan fingerprint density at radius 3 is 0.617 bits per heavy atom. The Morgan fingerprint density at radius 2 is 0.407 bits per heavy atom. The zero-order valence-electron chi connectivity index (χ0n) is 54.8. The Hall–Kier alpha value is -2.37. The third kappa shape index (κ3) is 68.3. The highest BCUT2D eigenvalue weighted by atomic mass is 16.6. The van der Waals surface area contributed by atoms with Gasteiger partial charge in [-0.3, -0.25) is 14.4 Å². The van der Waals surface area contributed by atoms with E-state index in [0.29, 0.717) is 19.3 Å². The van der Waals surface area contributed by atoms with Gasteiger partial charge < -0.3 is 14.2 Å². The van der Waals surface area contributed by atoms with E-state index in [4.69, 9.17) is 14.2 Å². The Morgan fingerprint density at radius 1 is 0.235 bits per heavy atom. The molecule has 6 nitrogen and oxygen atoms in total. The first kappa shape index (κ1) is 78.6. The molecule has 0 saturated heterocycles. The second-order valence-corrected chi connectivity index (χ2v) is 24.8. The quantitative estimate of drug-likeness (QED) is 0.0261. The summed E-state index contributed by atoms with van der Waals surface area (Å²) in [6.07, 6.45) is 87.4. The Kier molecular flexibility index (Phi) is 68.1. The van der Waals surface area contributed by atoms with Crippen LogP contribution in [0.2, 0.25) is 0 Å². The summed E-state index contributed by atoms with van der Waals surface area (Å²) in [7, 11) is 0. The van der Waals surface area contributed by atoms with Crippen molar-refractivity contribution in [2.45, 2.75) is 412 Å². The molecule has 0 saturated carbocycles. The van der Waals surface area contributed by atoms with Crippen LogP contribution in [0.4, 0.5) is 0 Å². The highest BCUT2D eigenvalue weighted by molar-refractivity contribution is 5.71. The minimum atomic E-state index is -0.775. The molecule has 81 heavy (non-hydrogen) atoms. The van der Waals surface area contributed by atoms with E-state index >= 15 is 0 Å². The summed E-state index contributed by atoms with van der Waals surface area (Å²) in [5.74, 6) is -0.845. The molecule has 0 rings (SSSR count). The van der Waals surface area contributed by atoms with Crippen LogP contribution in [0.3, 0.4) is 0 Å². The summed E-state index contributed by atoms with van der Waals surface area (Å²) in [6, 6.07) is 0. The van der Waals surface area contributed by atoms with Gasteiger partial charge in [-0.15, -0.1) is 0 Å². The summed E-state index contributed by atoms with van der Waals surface area (Å²) < 4.78 is 17.0. The molecule has 6 heteroatoms. The maximum Gasteiger partial charge on any atom is 0.306 e. The number of allylic oxidation sites excluding steroid dienone is 6. The van der Waals surface area contributed by atoms with Gasteiger partial charge in [-0.25, -0.2) is 0 Å². The van der Waals surface area contributed by atoms with Crippen LogP contribution in [0.15, 0.2) is 36.5 Å². The third-order valence-corrected chi connectivity index (χ3v) is 16.6. The molecule has 0 aliphatic heterocycles. The van der Waals surface area contributed by atoms with Crippen LogP contribution in [-0.2, 0) is 28.6 Å². The molecule has 0 aliphatic carbocycles. The van der Waals surface area contributed by atoms with E-state index < -0.39 is 6.10 Å². The highest BCUT2D eigenvalue weighted by Gasteiger charge is 2.19. The molecule has 0 aromatic carbocycles. The summed E-state index contributed by atoms with van der Waals surface area (Å²) in [5, 5.41) is 0. The van der Waals surface area contributed by atoms with Crippen molar-refractivity contribution < 1.29 is 28.6 Å². The Labute approximate surface area is 506 Å². The molecule has 0 aromatic heterocycles. The molecular weight excluding hydrogens is 997 g/mol. The van der Waals surface area contributed by atoms with Gasteiger partial charge in [-0.1, -0.05) is 327 Å². The van der Waals surface area contributed by atoms with Crippen LogP contribution in [0.5, 0.6) is 0 Å². The first-order valence-electron chi connectivity index (χ1n) is 36.5. The maximum atomic E-state index is 13.0. The van der Waals surface area contributed by atoms with Crippen LogP contribution in [0, 0.1) is 0 Å². The predicted octanol–water partition coefficient (Wildman–Crippen LogP) is 25.1. The van der Waals surface area contributed by atoms with Gasteiger partial charge in [0.15, 0.2) is 6.10 Å². The zero-order valence-corrected chi connectivity index (χ0v) is 54.8. The lowest BCUT2D eigenvalue weighted by Crippen LogP contribution is -2.30. The molecule has 0 fully saturated rings. The monoisotopic (exact) mass is 1140 g/mol. The van der Waals surface area contributed by atoms with Crippen LogP contribution < -0.4 is 0 Å². The first-order chi connectivity index (χ1) is 40.0. The van der Waals surface area contributed by atoms with E-state index in [9.17, 15) is 14.4 Å². The number of rotatable bonds is 68. The van der Waals surface area contributed by atoms with Gasteiger partial charge in [0.05, 0.1) is 0 Å². The van der Waals surface area contributed by atoms with Crippen molar-refractivity contribution in [3.8, 4) is 0 Å². The van der Waals surface area contributed by atoms with Gasteiger partial charge in [0, 0.05) is 19.3 Å². The smallest absolute Gasteiger partial charge is 0.306 e. The molecule has 0 amide bonds. The van der Waals surface area contributed by atoms with Crippen molar-refractivity contribution >= 4 is 17.9 Å². The lowest BCUT2D eigenvalue weighted by molar-refractivity contribution is -0.167. The average molecular weight is 1140 g/mol. The van der Waals surface area contributed by atoms with E-state index in [2.05, 4.69) is 57.2 Å². The topological polar surface area (TPSA) is 78.9 Å². The van der Waals surface area contributed by atoms with Gasteiger partial charge in [0.25, 0.3) is 0 Å². The van der Waals surface area contributed by atoms with Crippen molar-refractivity contribution in [3.05, 3.63) is 36.5 Å². The van der Waals surface area contributed by atoms with Crippen LogP contribution in [-0.4, -0.2) is 37.2 Å². The van der Waals surface area contributed by atoms with Crippen LogP contribution in [0.1, 0.15) is 406 Å². The largest absolute Gasteiger partial charge is 0.462 e. The second kappa shape index (κ2) is 70.1. The predicted molar refractivity (Wildman–Crippen MR) is 353 cm³/mol. The molecule has 476 valence electrons. The number of hydrogen-bond donors (Lipinski definition) is 0. The molecule has 0 radical (unpaired) electrons. The molecule has 1 atom stereocenters. The molecular formula is C75H140O6. The standard InChI is InChI=1S/C75H140O6/c1-4-7-10-13-16-19-22-25-28-31-34-36-37-39-41-44-47-50-53-56-59-62-65-68-74(77)80-71-72(70-79-73(76)67-64-61-58-55-52-49-46-43-40-33-30-27-24-21-18-15-12-9-6-3)81-75(78)69-66-63-60-57-54-51-48-45-42-38-35-32-29-26-23-20-17-14-11-8-5-2/h27,30-32,34-35,72H,4-26,28-29,33,36-71H2,1-3H3/b30-27-,34-31-,35-32-. The van der Waals surface area contributed by atoms with Crippen LogP contribution >= 0.6 is 0 Å². The lowest BCUT2D eigenvalue weighted by Gasteiger charge is -2.18. The van der Waals surface area contributed by atoms with E-state index in [-0.39, 0.29) is 31.1 Å². The van der Waals surface area contributed by atoms with Crippen molar-refractivity contribution in [2.75, 3.05) is 13.2 Å². The summed E-state index contributed by atoms with van der Waals surface area (Å²) in [4.78, 5) is 38.5. The molecule has 0 aliphatic rings. The second-order valence-electron chi connectivity index (χ2n) is 24.8. The number of carbonyl (C=O) groups excluding carboxylic acids is 3. The highest BCUT2D eigenvalue weighted by Crippen LogP contribution is 2.18. The number of esters is 3. The fraction of sp³-hybridized carbons (Fsp3) is 0.880. The fourth-order valence-corrected chi connectivity index (χ4v) is 11.1. The number of unbranched alkanes of at least 4 members (excludes halogenated alkanes) is 51. The van der Waals surface area contributed by atoms with Gasteiger partial charge in [-0.05, 0) is 96.3 Å². The van der Waals surface area contributed by atoms with Crippen LogP contribution in [0.25, 0.3) is 0 Å². The first-order valence-corrected chi connectivity index (χ1v) is 36.5. The van der Waals surface area contributed by atoms with E-state index in [0.717, 1.165) is 57.8 Å². The number of hydrogen-bond acceptors (Lipinski definition) is 6. The summed E-state index contributed by atoms with van der Waals surface area (Å²) >= 11 is 0. The summed E-state index contributed by atoms with van der Waals surface area (Å²) in [5.41, 5.74) is 0. The van der Waals surface area contributed by atoms with Gasteiger partial charge in [0.2, 0.25) is 0 Å². The SMILES string of the molecule is CCCCCCCC/C=C\CCCCCCCCCCCC(=O)OCC(COC(=O)CCCCCCCCCCCCC/C=C\CCCCCCCCCC)OC(=O)CCCCCCCCCCC/C=C\CCCCCCCCCC. The van der Waals surface area contributed by atoms with Gasteiger partial charge >= 0.3 is 17.9 Å². The van der Waals surface area contributed by atoms with Gasteiger partial charge in [0.1, 0.15) is 13.2 Å². The van der Waals surface area contributed by atoms with E-state index in [1.807, 2.05) is 0 Å². The molecule has 0 heterocycles. The molecule has 0 N–H and O–H groups in total. The minimum Gasteiger partial charge on any atom is -0.462 e. The Bertz CT molecular complexity index is 1350. The third-order valence-electron chi connectivity index (χ3n) is 16.6.